The number of benzene rings is 1. The molecule has 0 spiro atoms. The summed E-state index contributed by atoms with van der Waals surface area (Å²) < 4.78 is 10.6. The van der Waals surface area contributed by atoms with Crippen molar-refractivity contribution in [1.29, 1.82) is 0 Å². The van der Waals surface area contributed by atoms with Gasteiger partial charge in [-0.2, -0.15) is 0 Å². The van der Waals surface area contributed by atoms with Crippen LogP contribution in [0.4, 0.5) is 0 Å². The van der Waals surface area contributed by atoms with Crippen LogP contribution in [-0.4, -0.2) is 49.3 Å². The molecule has 0 unspecified atom stereocenters. The van der Waals surface area contributed by atoms with Crippen LogP contribution >= 0.6 is 0 Å². The molecule has 1 fully saturated rings. The maximum Gasteiger partial charge on any atom is 0.258 e. The summed E-state index contributed by atoms with van der Waals surface area (Å²) in [5.74, 6) is 0.886. The lowest BCUT2D eigenvalue weighted by Crippen LogP contribution is -2.40. The van der Waals surface area contributed by atoms with Crippen LogP contribution in [-0.2, 0) is 0 Å². The predicted molar refractivity (Wildman–Crippen MR) is 79.9 cm³/mol. The van der Waals surface area contributed by atoms with Gasteiger partial charge in [0.1, 0.15) is 0 Å². The van der Waals surface area contributed by atoms with Gasteiger partial charge in [0.15, 0.2) is 11.5 Å². The van der Waals surface area contributed by atoms with E-state index in [4.69, 9.17) is 9.47 Å². The van der Waals surface area contributed by atoms with E-state index in [9.17, 15) is 9.90 Å². The second kappa shape index (κ2) is 7.31. The van der Waals surface area contributed by atoms with E-state index < -0.39 is 0 Å². The van der Waals surface area contributed by atoms with Gasteiger partial charge in [-0.25, -0.2) is 0 Å². The first kappa shape index (κ1) is 15.6. The van der Waals surface area contributed by atoms with Crippen LogP contribution in [0.1, 0.15) is 36.0 Å². The summed E-state index contributed by atoms with van der Waals surface area (Å²) in [6.45, 7) is 0.318. The zero-order chi connectivity index (χ0) is 15.2. The van der Waals surface area contributed by atoms with E-state index in [1.54, 1.807) is 30.2 Å². The molecule has 5 nitrogen and oxygen atoms in total. The first-order chi connectivity index (χ1) is 10.2. The minimum absolute atomic E-state index is 0.0332. The van der Waals surface area contributed by atoms with Gasteiger partial charge in [-0.05, 0) is 25.0 Å². The molecule has 5 heteroatoms. The first-order valence-corrected chi connectivity index (χ1v) is 7.35. The van der Waals surface area contributed by atoms with Crippen LogP contribution in [0.3, 0.4) is 0 Å². The van der Waals surface area contributed by atoms with Gasteiger partial charge in [0.2, 0.25) is 0 Å². The summed E-state index contributed by atoms with van der Waals surface area (Å²) in [4.78, 5) is 14.6. The highest BCUT2D eigenvalue weighted by atomic mass is 16.5. The number of aliphatic hydroxyl groups is 1. The third-order valence-electron chi connectivity index (χ3n) is 4.00. The molecule has 21 heavy (non-hydrogen) atoms. The van der Waals surface area contributed by atoms with E-state index in [0.717, 1.165) is 25.7 Å². The number of methoxy groups -OCH3 is 2. The first-order valence-electron chi connectivity index (χ1n) is 7.35. The van der Waals surface area contributed by atoms with Gasteiger partial charge in [-0.3, -0.25) is 4.79 Å². The number of hydrogen-bond acceptors (Lipinski definition) is 4. The van der Waals surface area contributed by atoms with Crippen molar-refractivity contribution in [3.8, 4) is 11.5 Å². The Kier molecular flexibility index (Phi) is 5.44. The maximum absolute atomic E-state index is 12.8. The minimum atomic E-state index is -0.105. The molecule has 1 aliphatic rings. The van der Waals surface area contributed by atoms with E-state index in [-0.39, 0.29) is 18.6 Å². The molecular weight excluding hydrogens is 270 g/mol. The molecule has 0 aromatic heterocycles. The van der Waals surface area contributed by atoms with Crippen LogP contribution in [0.15, 0.2) is 18.2 Å². The van der Waals surface area contributed by atoms with Crippen LogP contribution < -0.4 is 9.47 Å². The molecular formula is C16H23NO4. The Morgan fingerprint density at radius 1 is 1.29 bits per heavy atom. The molecule has 1 amide bonds. The van der Waals surface area contributed by atoms with E-state index >= 15 is 0 Å². The Morgan fingerprint density at radius 3 is 2.57 bits per heavy atom. The summed E-state index contributed by atoms with van der Waals surface area (Å²) in [5, 5.41) is 9.27. The standard InChI is InChI=1S/C16H23NO4/c1-20-14-9-5-8-13(15(14)21-2)16(19)17(10-11-18)12-6-3-4-7-12/h5,8-9,12,18H,3-4,6-7,10-11H2,1-2H3. The average molecular weight is 293 g/mol. The van der Waals surface area contributed by atoms with Crippen molar-refractivity contribution in [3.05, 3.63) is 23.8 Å². The molecule has 0 atom stereocenters. The molecule has 1 N–H and O–H groups in total. The number of aliphatic hydroxyl groups excluding tert-OH is 1. The summed E-state index contributed by atoms with van der Waals surface area (Å²) in [6.07, 6.45) is 4.26. The number of ether oxygens (including phenoxy) is 2. The van der Waals surface area contributed by atoms with Gasteiger partial charge in [0.05, 0.1) is 26.4 Å². The summed E-state index contributed by atoms with van der Waals surface area (Å²) in [5.41, 5.74) is 0.484. The van der Waals surface area contributed by atoms with Crippen molar-refractivity contribution in [1.82, 2.24) is 4.90 Å². The van der Waals surface area contributed by atoms with Gasteiger partial charge in [-0.1, -0.05) is 18.9 Å². The second-order valence-corrected chi connectivity index (χ2v) is 5.20. The molecule has 0 saturated heterocycles. The fourth-order valence-electron chi connectivity index (χ4n) is 2.98. The fraction of sp³-hybridized carbons (Fsp3) is 0.562. The van der Waals surface area contributed by atoms with Crippen molar-refractivity contribution < 1.29 is 19.4 Å². The lowest BCUT2D eigenvalue weighted by molar-refractivity contribution is 0.0634. The number of para-hydroxylation sites is 1. The Labute approximate surface area is 125 Å². The second-order valence-electron chi connectivity index (χ2n) is 5.20. The topological polar surface area (TPSA) is 59.0 Å². The van der Waals surface area contributed by atoms with Gasteiger partial charge in [-0.15, -0.1) is 0 Å². The van der Waals surface area contributed by atoms with Gasteiger partial charge < -0.3 is 19.5 Å². The molecule has 1 aromatic carbocycles. The number of hydrogen-bond donors (Lipinski definition) is 1. The smallest absolute Gasteiger partial charge is 0.258 e. The lowest BCUT2D eigenvalue weighted by atomic mass is 10.1. The number of amides is 1. The number of rotatable bonds is 6. The van der Waals surface area contributed by atoms with Crippen LogP contribution in [0, 0.1) is 0 Å². The zero-order valence-electron chi connectivity index (χ0n) is 12.7. The molecule has 2 rings (SSSR count). The fourth-order valence-corrected chi connectivity index (χ4v) is 2.98. The zero-order valence-corrected chi connectivity index (χ0v) is 12.7. The maximum atomic E-state index is 12.8. The molecule has 0 heterocycles. The quantitative estimate of drug-likeness (QED) is 0.872. The lowest BCUT2D eigenvalue weighted by Gasteiger charge is -2.29. The molecule has 0 radical (unpaired) electrons. The van der Waals surface area contributed by atoms with Crippen molar-refractivity contribution in [2.24, 2.45) is 0 Å². The van der Waals surface area contributed by atoms with Gasteiger partial charge in [0.25, 0.3) is 5.91 Å². The summed E-state index contributed by atoms with van der Waals surface area (Å²) in [6, 6.07) is 5.49. The highest BCUT2D eigenvalue weighted by Gasteiger charge is 2.29. The molecule has 1 saturated carbocycles. The minimum Gasteiger partial charge on any atom is -0.493 e. The molecule has 116 valence electrons. The van der Waals surface area contributed by atoms with E-state index in [0.29, 0.717) is 23.6 Å². The van der Waals surface area contributed by atoms with Crippen LogP contribution in [0.5, 0.6) is 11.5 Å². The van der Waals surface area contributed by atoms with E-state index in [1.165, 1.54) is 7.11 Å². The predicted octanol–water partition coefficient (Wildman–Crippen LogP) is 2.08. The van der Waals surface area contributed by atoms with Crippen molar-refractivity contribution >= 4 is 5.91 Å². The largest absolute Gasteiger partial charge is 0.493 e. The molecule has 0 aliphatic heterocycles. The Balaban J connectivity index is 2.31. The average Bonchev–Trinajstić information content (AvgIpc) is 3.05. The molecule has 1 aromatic rings. The van der Waals surface area contributed by atoms with Crippen LogP contribution in [0.2, 0.25) is 0 Å². The third-order valence-corrected chi connectivity index (χ3v) is 4.00. The van der Waals surface area contributed by atoms with Gasteiger partial charge >= 0.3 is 0 Å². The highest BCUT2D eigenvalue weighted by Crippen LogP contribution is 2.33. The van der Waals surface area contributed by atoms with Crippen molar-refractivity contribution in [2.75, 3.05) is 27.4 Å². The van der Waals surface area contributed by atoms with Crippen LogP contribution in [0.25, 0.3) is 0 Å². The number of carbonyl (C=O) groups excluding carboxylic acids is 1. The van der Waals surface area contributed by atoms with Gasteiger partial charge in [0, 0.05) is 12.6 Å². The van der Waals surface area contributed by atoms with E-state index in [2.05, 4.69) is 0 Å². The number of nitrogens with zero attached hydrogens (tertiary/aromatic N) is 1. The monoisotopic (exact) mass is 293 g/mol. The molecule has 1 aliphatic carbocycles. The number of carbonyl (C=O) groups is 1. The van der Waals surface area contributed by atoms with E-state index in [1.807, 2.05) is 0 Å². The van der Waals surface area contributed by atoms with Crippen molar-refractivity contribution in [2.45, 2.75) is 31.7 Å². The highest BCUT2D eigenvalue weighted by molar-refractivity contribution is 5.98. The Bertz CT molecular complexity index is 483. The molecule has 0 bridgehead atoms. The van der Waals surface area contributed by atoms with Crippen molar-refractivity contribution in [3.63, 3.8) is 0 Å². The Morgan fingerprint density at radius 2 is 2.00 bits per heavy atom. The summed E-state index contributed by atoms with van der Waals surface area (Å²) in [7, 11) is 3.08. The SMILES string of the molecule is COc1cccc(C(=O)N(CCO)C2CCCC2)c1OC. The summed E-state index contributed by atoms with van der Waals surface area (Å²) >= 11 is 0. The Hall–Kier alpha value is -1.75. The normalized spacial score (nSPS) is 15.0. The third kappa shape index (κ3) is 3.29.